The van der Waals surface area contributed by atoms with E-state index in [0.717, 1.165) is 31.5 Å². The maximum absolute atomic E-state index is 12.6. The molecule has 1 aliphatic heterocycles. The maximum atomic E-state index is 12.6. The number of nitrogens with zero attached hydrogens (tertiary/aromatic N) is 2. The third kappa shape index (κ3) is 5.09. The van der Waals surface area contributed by atoms with Crippen molar-refractivity contribution in [3.63, 3.8) is 0 Å². The Hall–Kier alpha value is -2.89. The lowest BCUT2D eigenvalue weighted by Gasteiger charge is -2.31. The van der Waals surface area contributed by atoms with Crippen LogP contribution in [0, 0.1) is 5.92 Å². The minimum Gasteiger partial charge on any atom is -0.351 e. The van der Waals surface area contributed by atoms with Gasteiger partial charge in [-0.1, -0.05) is 37.3 Å². The summed E-state index contributed by atoms with van der Waals surface area (Å²) in [6.07, 6.45) is 4.12. The predicted molar refractivity (Wildman–Crippen MR) is 108 cm³/mol. The molecule has 1 atom stereocenters. The fraction of sp³-hybridized carbons (Fsp3) is 0.409. The standard InChI is InChI=1S/C22H27N3O3/c1-17-7-5-13-24(15-17)20(26)11-12-23-21(27)19-10-6-14-25(22(19)28)16-18-8-3-2-4-9-18/h2-4,6,8-10,14,17H,5,7,11-13,15-16H2,1H3,(H,23,27). The zero-order valence-electron chi connectivity index (χ0n) is 16.3. The molecule has 2 amide bonds. The smallest absolute Gasteiger partial charge is 0.263 e. The van der Waals surface area contributed by atoms with Crippen molar-refractivity contribution in [3.8, 4) is 0 Å². The van der Waals surface area contributed by atoms with Crippen LogP contribution in [0.3, 0.4) is 0 Å². The van der Waals surface area contributed by atoms with Gasteiger partial charge in [-0.25, -0.2) is 0 Å². The minimum atomic E-state index is -0.438. The van der Waals surface area contributed by atoms with Crippen molar-refractivity contribution in [2.24, 2.45) is 5.92 Å². The molecule has 1 saturated heterocycles. The molecular formula is C22H27N3O3. The third-order valence-electron chi connectivity index (χ3n) is 5.09. The van der Waals surface area contributed by atoms with Gasteiger partial charge in [0.1, 0.15) is 5.56 Å². The molecule has 0 saturated carbocycles. The van der Waals surface area contributed by atoms with Crippen LogP contribution in [0.5, 0.6) is 0 Å². The maximum Gasteiger partial charge on any atom is 0.263 e. The van der Waals surface area contributed by atoms with E-state index in [1.54, 1.807) is 12.3 Å². The van der Waals surface area contributed by atoms with Crippen LogP contribution >= 0.6 is 0 Å². The van der Waals surface area contributed by atoms with Gasteiger partial charge in [0.2, 0.25) is 5.91 Å². The van der Waals surface area contributed by atoms with Gasteiger partial charge in [-0.05, 0) is 36.5 Å². The van der Waals surface area contributed by atoms with Crippen LogP contribution in [-0.2, 0) is 11.3 Å². The minimum absolute atomic E-state index is 0.0569. The van der Waals surface area contributed by atoms with E-state index in [1.165, 1.54) is 10.6 Å². The summed E-state index contributed by atoms with van der Waals surface area (Å²) in [6, 6.07) is 12.8. The molecular weight excluding hydrogens is 354 g/mol. The summed E-state index contributed by atoms with van der Waals surface area (Å²) < 4.78 is 1.52. The number of hydrogen-bond acceptors (Lipinski definition) is 3. The summed E-state index contributed by atoms with van der Waals surface area (Å²) in [6.45, 7) is 4.37. The normalized spacial score (nSPS) is 16.6. The second kappa shape index (κ2) is 9.35. The van der Waals surface area contributed by atoms with Crippen molar-refractivity contribution in [1.82, 2.24) is 14.8 Å². The van der Waals surface area contributed by atoms with Gasteiger partial charge in [0.15, 0.2) is 0 Å². The first-order chi connectivity index (χ1) is 13.5. The summed E-state index contributed by atoms with van der Waals surface area (Å²) >= 11 is 0. The third-order valence-corrected chi connectivity index (χ3v) is 5.09. The van der Waals surface area contributed by atoms with Crippen LogP contribution in [0.2, 0.25) is 0 Å². The molecule has 148 valence electrons. The number of piperidine rings is 1. The highest BCUT2D eigenvalue weighted by molar-refractivity contribution is 5.94. The average Bonchev–Trinajstić information content (AvgIpc) is 2.70. The Morgan fingerprint density at radius 1 is 1.14 bits per heavy atom. The van der Waals surface area contributed by atoms with Crippen LogP contribution in [0.4, 0.5) is 0 Å². The fourth-order valence-corrected chi connectivity index (χ4v) is 3.57. The number of benzene rings is 1. The second-order valence-corrected chi connectivity index (χ2v) is 7.43. The molecule has 0 aliphatic carbocycles. The van der Waals surface area contributed by atoms with Gasteiger partial charge in [0.05, 0.1) is 6.54 Å². The molecule has 1 aliphatic rings. The molecule has 2 aromatic rings. The van der Waals surface area contributed by atoms with Crippen molar-refractivity contribution in [2.75, 3.05) is 19.6 Å². The van der Waals surface area contributed by atoms with Gasteiger partial charge in [0.25, 0.3) is 11.5 Å². The van der Waals surface area contributed by atoms with Gasteiger partial charge in [-0.2, -0.15) is 0 Å². The molecule has 3 rings (SSSR count). The SMILES string of the molecule is CC1CCCN(C(=O)CCNC(=O)c2cccn(Cc3ccccc3)c2=O)C1. The van der Waals surface area contributed by atoms with Crippen LogP contribution in [0.15, 0.2) is 53.5 Å². The van der Waals surface area contributed by atoms with E-state index in [2.05, 4.69) is 12.2 Å². The average molecular weight is 381 g/mol. The van der Waals surface area contributed by atoms with Gasteiger partial charge in [-0.3, -0.25) is 14.4 Å². The summed E-state index contributed by atoms with van der Waals surface area (Å²) in [4.78, 5) is 39.2. The number of rotatable bonds is 6. The highest BCUT2D eigenvalue weighted by atomic mass is 16.2. The summed E-state index contributed by atoms with van der Waals surface area (Å²) in [5, 5.41) is 2.71. The van der Waals surface area contributed by atoms with E-state index in [9.17, 15) is 14.4 Å². The summed E-state index contributed by atoms with van der Waals surface area (Å²) in [5.41, 5.74) is 0.751. The van der Waals surface area contributed by atoms with Gasteiger partial charge >= 0.3 is 0 Å². The van der Waals surface area contributed by atoms with E-state index in [1.807, 2.05) is 35.2 Å². The first-order valence-corrected chi connectivity index (χ1v) is 9.84. The molecule has 0 radical (unpaired) electrons. The number of hydrogen-bond donors (Lipinski definition) is 1. The Labute approximate surface area is 165 Å². The number of carbonyl (C=O) groups excluding carboxylic acids is 2. The molecule has 6 nitrogen and oxygen atoms in total. The lowest BCUT2D eigenvalue weighted by atomic mass is 10.00. The summed E-state index contributed by atoms with van der Waals surface area (Å²) in [7, 11) is 0. The molecule has 2 heterocycles. The predicted octanol–water partition coefficient (Wildman–Crippen LogP) is 2.28. The number of pyridine rings is 1. The summed E-state index contributed by atoms with van der Waals surface area (Å²) in [5.74, 6) is 0.147. The fourth-order valence-electron chi connectivity index (χ4n) is 3.57. The number of amides is 2. The van der Waals surface area contributed by atoms with E-state index >= 15 is 0 Å². The molecule has 1 unspecified atom stereocenters. The largest absolute Gasteiger partial charge is 0.351 e. The first kappa shape index (κ1) is 19.9. The van der Waals surface area contributed by atoms with E-state index in [0.29, 0.717) is 12.5 Å². The highest BCUT2D eigenvalue weighted by Crippen LogP contribution is 2.15. The Kier molecular flexibility index (Phi) is 6.63. The Morgan fingerprint density at radius 2 is 1.93 bits per heavy atom. The lowest BCUT2D eigenvalue weighted by Crippen LogP contribution is -2.41. The van der Waals surface area contributed by atoms with E-state index in [-0.39, 0.29) is 30.0 Å². The molecule has 1 N–H and O–H groups in total. The first-order valence-electron chi connectivity index (χ1n) is 9.84. The van der Waals surface area contributed by atoms with Crippen LogP contribution in [0.1, 0.15) is 42.1 Å². The monoisotopic (exact) mass is 381 g/mol. The number of nitrogens with one attached hydrogen (secondary N) is 1. The van der Waals surface area contributed by atoms with Crippen molar-refractivity contribution in [1.29, 1.82) is 0 Å². The molecule has 1 aromatic carbocycles. The highest BCUT2D eigenvalue weighted by Gasteiger charge is 2.21. The van der Waals surface area contributed by atoms with Crippen molar-refractivity contribution in [3.05, 3.63) is 70.1 Å². The Balaban J connectivity index is 1.56. The van der Waals surface area contributed by atoms with Crippen LogP contribution < -0.4 is 10.9 Å². The second-order valence-electron chi connectivity index (χ2n) is 7.43. The Morgan fingerprint density at radius 3 is 2.68 bits per heavy atom. The van der Waals surface area contributed by atoms with Gasteiger partial charge in [-0.15, -0.1) is 0 Å². The van der Waals surface area contributed by atoms with Crippen molar-refractivity contribution >= 4 is 11.8 Å². The number of aromatic nitrogens is 1. The van der Waals surface area contributed by atoms with E-state index in [4.69, 9.17) is 0 Å². The van der Waals surface area contributed by atoms with Crippen LogP contribution in [-0.4, -0.2) is 40.9 Å². The number of carbonyl (C=O) groups is 2. The molecule has 28 heavy (non-hydrogen) atoms. The van der Waals surface area contributed by atoms with Crippen molar-refractivity contribution in [2.45, 2.75) is 32.7 Å². The molecule has 0 spiro atoms. The number of likely N-dealkylation sites (tertiary alicyclic amines) is 1. The zero-order chi connectivity index (χ0) is 19.9. The van der Waals surface area contributed by atoms with Crippen LogP contribution in [0.25, 0.3) is 0 Å². The molecule has 1 aromatic heterocycles. The molecule has 6 heteroatoms. The van der Waals surface area contributed by atoms with E-state index < -0.39 is 5.91 Å². The zero-order valence-corrected chi connectivity index (χ0v) is 16.3. The molecule has 1 fully saturated rings. The topological polar surface area (TPSA) is 71.4 Å². The molecule has 0 bridgehead atoms. The van der Waals surface area contributed by atoms with Crippen molar-refractivity contribution < 1.29 is 9.59 Å². The van der Waals surface area contributed by atoms with Gasteiger partial charge in [0, 0.05) is 32.3 Å². The quantitative estimate of drug-likeness (QED) is 0.834. The lowest BCUT2D eigenvalue weighted by molar-refractivity contribution is -0.132. The van der Waals surface area contributed by atoms with Gasteiger partial charge < -0.3 is 14.8 Å². The Bertz CT molecular complexity index is 876.